The van der Waals surface area contributed by atoms with E-state index in [2.05, 4.69) is 12.7 Å². The van der Waals surface area contributed by atoms with Crippen molar-refractivity contribution in [3.05, 3.63) is 29.5 Å². The Bertz CT molecular complexity index is 132. The molecule has 0 amide bonds. The van der Waals surface area contributed by atoms with E-state index in [1.807, 2.05) is 18.2 Å². The van der Waals surface area contributed by atoms with Gasteiger partial charge in [0.2, 0.25) is 0 Å². The number of allylic oxidation sites excluding steroid dienone is 3. The summed E-state index contributed by atoms with van der Waals surface area (Å²) in [5.41, 5.74) is 4.22. The third-order valence-electron chi connectivity index (χ3n) is 0.753. The van der Waals surface area contributed by atoms with Crippen LogP contribution in [0.3, 0.4) is 0 Å². The van der Waals surface area contributed by atoms with E-state index in [-0.39, 0.29) is 0 Å². The van der Waals surface area contributed by atoms with Gasteiger partial charge in [0.15, 0.2) is 0 Å². The van der Waals surface area contributed by atoms with Gasteiger partial charge in [-0.15, -0.1) is 5.73 Å². The minimum Gasteiger partial charge on any atom is -0.121 e. The van der Waals surface area contributed by atoms with E-state index in [9.17, 15) is 0 Å². The predicted molar refractivity (Wildman–Crippen MR) is 26.4 cm³/mol. The Hall–Kier alpha value is -0.740. The molecule has 6 heavy (non-hydrogen) atoms. The van der Waals surface area contributed by atoms with Gasteiger partial charge < -0.3 is 0 Å². The van der Waals surface area contributed by atoms with Gasteiger partial charge in [0, 0.05) is 0 Å². The fourth-order valence-corrected chi connectivity index (χ4v) is 0.407. The number of hydrogen-bond acceptors (Lipinski definition) is 0. The quantitative estimate of drug-likeness (QED) is 0.386. The van der Waals surface area contributed by atoms with E-state index in [0.717, 1.165) is 0 Å². The minimum atomic E-state index is 1.29. The van der Waals surface area contributed by atoms with Crippen molar-refractivity contribution in [2.24, 2.45) is 0 Å². The summed E-state index contributed by atoms with van der Waals surface area (Å²) in [7, 11) is 0. The highest BCUT2D eigenvalue weighted by Gasteiger charge is 1.78. The summed E-state index contributed by atoms with van der Waals surface area (Å²) in [6.45, 7) is 2.05. The molecule has 0 spiro atoms. The van der Waals surface area contributed by atoms with Crippen molar-refractivity contribution in [1.82, 2.24) is 0 Å². The fourth-order valence-electron chi connectivity index (χ4n) is 0.407. The van der Waals surface area contributed by atoms with Crippen LogP contribution in [-0.2, 0) is 0 Å². The van der Waals surface area contributed by atoms with Crippen LogP contribution < -0.4 is 0 Å². The van der Waals surface area contributed by atoms with Gasteiger partial charge in [0.1, 0.15) is 0 Å². The summed E-state index contributed by atoms with van der Waals surface area (Å²) < 4.78 is 0. The molecule has 0 atom stereocenters. The first-order valence-electron chi connectivity index (χ1n) is 1.99. The Morgan fingerprint density at radius 2 is 2.50 bits per heavy atom. The molecule has 0 saturated carbocycles. The van der Waals surface area contributed by atoms with Crippen molar-refractivity contribution < 1.29 is 0 Å². The molecule has 0 aromatic carbocycles. The third kappa shape index (κ3) is 0.425. The van der Waals surface area contributed by atoms with E-state index in [1.54, 1.807) is 0 Å². The molecule has 0 fully saturated rings. The van der Waals surface area contributed by atoms with Crippen molar-refractivity contribution in [2.45, 2.75) is 6.92 Å². The maximum Gasteiger partial charge on any atom is -0.0170 e. The molecule has 0 aliphatic heterocycles. The molecule has 0 aromatic heterocycles. The molecule has 1 rings (SSSR count). The van der Waals surface area contributed by atoms with Gasteiger partial charge in [0.05, 0.1) is 0 Å². The van der Waals surface area contributed by atoms with Crippen LogP contribution in [0.2, 0.25) is 0 Å². The van der Waals surface area contributed by atoms with Gasteiger partial charge in [-0.3, -0.25) is 0 Å². The van der Waals surface area contributed by atoms with Crippen LogP contribution in [0.5, 0.6) is 0 Å². The molecule has 0 heterocycles. The number of hydrogen-bond donors (Lipinski definition) is 0. The summed E-state index contributed by atoms with van der Waals surface area (Å²) in [6.07, 6.45) is 5.90. The molecular weight excluding hydrogens is 72.1 g/mol. The summed E-state index contributed by atoms with van der Waals surface area (Å²) >= 11 is 0. The van der Waals surface area contributed by atoms with Crippen LogP contribution in [0.25, 0.3) is 0 Å². The van der Waals surface area contributed by atoms with Crippen LogP contribution in [0, 0.1) is 0 Å². The zero-order chi connectivity index (χ0) is 4.41. The highest BCUT2D eigenvalue weighted by atomic mass is 13.8. The summed E-state index contributed by atoms with van der Waals surface area (Å²) in [6, 6.07) is 0. The summed E-state index contributed by atoms with van der Waals surface area (Å²) in [5, 5.41) is 0. The molecule has 0 nitrogen and oxygen atoms in total. The summed E-state index contributed by atoms with van der Waals surface area (Å²) in [5.74, 6) is 0. The standard InChI is InChI=1S/C6H6/c1-6-4-2-3-5-6/h2,4-5H,1H3. The third-order valence-corrected chi connectivity index (χ3v) is 0.753. The fraction of sp³-hybridized carbons (Fsp3) is 0.167. The van der Waals surface area contributed by atoms with Gasteiger partial charge in [-0.25, -0.2) is 0 Å². The maximum absolute atomic E-state index is 2.93. The van der Waals surface area contributed by atoms with Crippen molar-refractivity contribution in [1.29, 1.82) is 0 Å². The Morgan fingerprint density at radius 3 is 2.67 bits per heavy atom. The van der Waals surface area contributed by atoms with Crippen molar-refractivity contribution in [3.8, 4) is 0 Å². The van der Waals surface area contributed by atoms with E-state index < -0.39 is 0 Å². The normalized spacial score (nSPS) is 15.8. The van der Waals surface area contributed by atoms with Gasteiger partial charge in [-0.1, -0.05) is 6.08 Å². The molecule has 0 aromatic rings. The van der Waals surface area contributed by atoms with Crippen molar-refractivity contribution >= 4 is 0 Å². The molecule has 0 bridgehead atoms. The van der Waals surface area contributed by atoms with Gasteiger partial charge in [0.25, 0.3) is 0 Å². The molecule has 0 saturated heterocycles. The molecule has 0 unspecified atom stereocenters. The Kier molecular flexibility index (Phi) is 0.664. The Morgan fingerprint density at radius 1 is 1.67 bits per heavy atom. The second-order valence-electron chi connectivity index (χ2n) is 1.39. The van der Waals surface area contributed by atoms with Gasteiger partial charge >= 0.3 is 0 Å². The molecule has 0 radical (unpaired) electrons. The molecule has 0 heteroatoms. The second-order valence-corrected chi connectivity index (χ2v) is 1.39. The molecule has 0 N–H and O–H groups in total. The lowest BCUT2D eigenvalue weighted by Crippen LogP contribution is -1.52. The topological polar surface area (TPSA) is 0 Å². The maximum atomic E-state index is 2.93. The van der Waals surface area contributed by atoms with Crippen LogP contribution in [0.1, 0.15) is 6.92 Å². The van der Waals surface area contributed by atoms with Crippen LogP contribution in [0.4, 0.5) is 0 Å². The van der Waals surface area contributed by atoms with E-state index in [0.29, 0.717) is 0 Å². The summed E-state index contributed by atoms with van der Waals surface area (Å²) in [4.78, 5) is 0. The molecule has 1 aliphatic rings. The molecule has 30 valence electrons. The van der Waals surface area contributed by atoms with E-state index in [1.165, 1.54) is 5.57 Å². The Labute approximate surface area is 37.5 Å². The monoisotopic (exact) mass is 78.0 g/mol. The SMILES string of the molecule is CC1=CC=C=C1. The highest BCUT2D eigenvalue weighted by Crippen LogP contribution is 1.97. The van der Waals surface area contributed by atoms with Gasteiger partial charge in [-0.2, -0.15) is 0 Å². The second kappa shape index (κ2) is 1.16. The molecule has 1 aliphatic carbocycles. The van der Waals surface area contributed by atoms with E-state index >= 15 is 0 Å². The average molecular weight is 78.1 g/mol. The first-order chi connectivity index (χ1) is 2.89. The largest absolute Gasteiger partial charge is 0.121 e. The number of rotatable bonds is 0. The van der Waals surface area contributed by atoms with Crippen molar-refractivity contribution in [2.75, 3.05) is 0 Å². The Balaban J connectivity index is 2.88. The first kappa shape index (κ1) is 3.45. The first-order valence-corrected chi connectivity index (χ1v) is 1.99. The van der Waals surface area contributed by atoms with Crippen LogP contribution >= 0.6 is 0 Å². The van der Waals surface area contributed by atoms with Crippen LogP contribution in [0.15, 0.2) is 29.5 Å². The highest BCUT2D eigenvalue weighted by molar-refractivity contribution is 5.27. The molecular formula is C6H6. The minimum absolute atomic E-state index is 1.29. The lowest BCUT2D eigenvalue weighted by atomic mass is 10.3. The van der Waals surface area contributed by atoms with Gasteiger partial charge in [-0.05, 0) is 24.6 Å². The lowest BCUT2D eigenvalue weighted by molar-refractivity contribution is 1.56. The zero-order valence-corrected chi connectivity index (χ0v) is 3.73. The average Bonchev–Trinajstić information content (AvgIpc) is 1.86. The predicted octanol–water partition coefficient (Wildman–Crippen LogP) is 1.66. The van der Waals surface area contributed by atoms with Crippen molar-refractivity contribution in [3.63, 3.8) is 0 Å². The lowest BCUT2D eigenvalue weighted by Gasteiger charge is -1.72. The smallest absolute Gasteiger partial charge is 0.0170 e. The zero-order valence-electron chi connectivity index (χ0n) is 3.73. The van der Waals surface area contributed by atoms with E-state index in [4.69, 9.17) is 0 Å². The van der Waals surface area contributed by atoms with Crippen LogP contribution in [-0.4, -0.2) is 0 Å².